The summed E-state index contributed by atoms with van der Waals surface area (Å²) in [6.45, 7) is 10.4. The zero-order valence-electron chi connectivity index (χ0n) is 13.6. The number of cyclic esters (lactones) is 2. The Bertz CT molecular complexity index is 280. The Morgan fingerprint density at radius 1 is 0.952 bits per heavy atom. The van der Waals surface area contributed by atoms with Gasteiger partial charge in [-0.15, -0.1) is 0 Å². The molecule has 8 heteroatoms. The van der Waals surface area contributed by atoms with E-state index in [1.165, 1.54) is 12.5 Å². The molecule has 0 unspecified atom stereocenters. The lowest BCUT2D eigenvalue weighted by molar-refractivity contribution is -0.151. The van der Waals surface area contributed by atoms with Crippen molar-refractivity contribution in [2.45, 2.75) is 53.0 Å². The molecule has 0 bridgehead atoms. The van der Waals surface area contributed by atoms with Crippen molar-refractivity contribution in [3.63, 3.8) is 0 Å². The van der Waals surface area contributed by atoms with Gasteiger partial charge in [0.15, 0.2) is 0 Å². The highest BCUT2D eigenvalue weighted by atomic mass is 29.2. The van der Waals surface area contributed by atoms with Crippen LogP contribution in [0.4, 0.5) is 0 Å². The van der Waals surface area contributed by atoms with Crippen molar-refractivity contribution >= 4 is 29.3 Å². The van der Waals surface area contributed by atoms with Gasteiger partial charge in [0.2, 0.25) is 0 Å². The largest absolute Gasteiger partial charge is 0.462 e. The van der Waals surface area contributed by atoms with Crippen LogP contribution in [0, 0.1) is 0 Å². The third kappa shape index (κ3) is 9.15. The van der Waals surface area contributed by atoms with E-state index < -0.39 is 20.3 Å². The molecule has 0 saturated carbocycles. The summed E-state index contributed by atoms with van der Waals surface area (Å²) in [5.74, 6) is -0.796. The van der Waals surface area contributed by atoms with Gasteiger partial charge in [0, 0.05) is 19.8 Å². The predicted molar refractivity (Wildman–Crippen MR) is 84.6 cm³/mol. The smallest absolute Gasteiger partial charge is 0.393 e. The van der Waals surface area contributed by atoms with Gasteiger partial charge in [-0.1, -0.05) is 19.4 Å². The van der Waals surface area contributed by atoms with Crippen molar-refractivity contribution in [3.05, 3.63) is 0 Å². The minimum absolute atomic E-state index is 0.263. The molecule has 21 heavy (non-hydrogen) atoms. The van der Waals surface area contributed by atoms with Crippen molar-refractivity contribution in [1.29, 1.82) is 0 Å². The highest BCUT2D eigenvalue weighted by molar-refractivity contribution is 7.14. The molecule has 0 aromatic carbocycles. The fourth-order valence-corrected chi connectivity index (χ4v) is 10.1. The first-order valence-electron chi connectivity index (χ1n) is 7.68. The van der Waals surface area contributed by atoms with Crippen molar-refractivity contribution in [3.8, 4) is 0 Å². The lowest BCUT2D eigenvalue weighted by atomic mass is 10.4. The topological polar surface area (TPSA) is 71.1 Å². The number of esters is 2. The molecule has 124 valence electrons. The van der Waals surface area contributed by atoms with Crippen molar-refractivity contribution in [1.82, 2.24) is 0 Å². The molecule has 6 nitrogen and oxygen atoms in total. The highest BCUT2D eigenvalue weighted by Crippen LogP contribution is 2.11. The Hall–Kier alpha value is -0.546. The maximum atomic E-state index is 10.0. The summed E-state index contributed by atoms with van der Waals surface area (Å²) in [4.78, 5) is 20.0. The van der Waals surface area contributed by atoms with Crippen LogP contribution in [0.5, 0.6) is 0 Å². The average molecular weight is 337 g/mol. The fraction of sp³-hybridized carbons (Fsp3) is 0.846. The Kier molecular flexibility index (Phi) is 11.7. The van der Waals surface area contributed by atoms with E-state index in [1.807, 2.05) is 20.8 Å². The van der Waals surface area contributed by atoms with Crippen LogP contribution in [0.25, 0.3) is 0 Å². The second-order valence-corrected chi connectivity index (χ2v) is 12.0. The summed E-state index contributed by atoms with van der Waals surface area (Å²) in [6, 6.07) is 1.26. The lowest BCUT2D eigenvalue weighted by Crippen LogP contribution is -2.52. The molecule has 0 atom stereocenters. The zero-order valence-corrected chi connectivity index (χ0v) is 16.0. The van der Waals surface area contributed by atoms with Crippen LogP contribution in [-0.2, 0) is 27.6 Å². The van der Waals surface area contributed by atoms with Crippen LogP contribution in [0.3, 0.4) is 0 Å². The van der Waals surface area contributed by atoms with E-state index in [4.69, 9.17) is 13.3 Å². The molecule has 0 aromatic rings. The Balaban J connectivity index is 0.000000471. The van der Waals surface area contributed by atoms with Gasteiger partial charge in [-0.2, -0.15) is 0 Å². The number of carbonyl (C=O) groups is 2. The monoisotopic (exact) mass is 336 g/mol. The summed E-state index contributed by atoms with van der Waals surface area (Å²) in [7, 11) is -2.52. The Morgan fingerprint density at radius 2 is 1.38 bits per heavy atom. The Morgan fingerprint density at radius 3 is 1.62 bits per heavy atom. The fourth-order valence-electron chi connectivity index (χ4n) is 1.83. The first-order chi connectivity index (χ1) is 10.0. The second-order valence-electron chi connectivity index (χ2n) is 4.43. The van der Waals surface area contributed by atoms with Crippen LogP contribution >= 0.6 is 0 Å². The van der Waals surface area contributed by atoms with Gasteiger partial charge >= 0.3 is 20.3 Å². The van der Waals surface area contributed by atoms with Crippen LogP contribution in [0.15, 0.2) is 0 Å². The maximum Gasteiger partial charge on any atom is 0.462 e. The van der Waals surface area contributed by atoms with Gasteiger partial charge in [0.05, 0.1) is 12.8 Å². The predicted octanol–water partition coefficient (Wildman–Crippen LogP) is 1.38. The van der Waals surface area contributed by atoms with Crippen molar-refractivity contribution in [2.75, 3.05) is 19.8 Å². The molecule has 0 radical (unpaired) electrons. The SMILES string of the molecule is CCC[SiH2][Si](OCC)(OCC)OCC.O=C1CCC(=O)O1. The summed E-state index contributed by atoms with van der Waals surface area (Å²) >= 11 is 0. The number of hydrogen-bond acceptors (Lipinski definition) is 6. The molecule has 0 aromatic heterocycles. The normalized spacial score (nSPS) is 15.2. The van der Waals surface area contributed by atoms with Crippen LogP contribution in [0.2, 0.25) is 6.04 Å². The number of ether oxygens (including phenoxy) is 1. The molecular formula is C13H28O6Si2. The summed E-state index contributed by atoms with van der Waals surface area (Å²) in [5.41, 5.74) is 0. The molecule has 1 saturated heterocycles. The molecule has 1 heterocycles. The molecule has 0 N–H and O–H groups in total. The van der Waals surface area contributed by atoms with E-state index in [1.54, 1.807) is 0 Å². The standard InChI is InChI=1S/C9H24O3Si2.C4H4O3/c1-5-9-13-14(10-6-2,11-7-3)12-8-4;5-3-1-2-4(6)7-3/h5-9,13H2,1-4H3;1-2H2. The van der Waals surface area contributed by atoms with Crippen LogP contribution in [0.1, 0.15) is 47.0 Å². The molecule has 1 aliphatic heterocycles. The van der Waals surface area contributed by atoms with Gasteiger partial charge in [-0.25, -0.2) is 0 Å². The molecule has 0 amide bonds. The number of carbonyl (C=O) groups excluding carboxylic acids is 2. The zero-order chi connectivity index (χ0) is 16.1. The molecule has 1 fully saturated rings. The molecule has 1 rings (SSSR count). The number of hydrogen-bond donors (Lipinski definition) is 0. The minimum atomic E-state index is -2.18. The molecule has 0 aliphatic carbocycles. The van der Waals surface area contributed by atoms with Gasteiger partial charge < -0.3 is 18.0 Å². The Labute approximate surface area is 130 Å². The average Bonchev–Trinajstić information content (AvgIpc) is 2.82. The second kappa shape index (κ2) is 12.0. The van der Waals surface area contributed by atoms with Gasteiger partial charge in [-0.3, -0.25) is 9.59 Å². The van der Waals surface area contributed by atoms with E-state index in [9.17, 15) is 9.59 Å². The third-order valence-corrected chi connectivity index (χ3v) is 11.3. The quantitative estimate of drug-likeness (QED) is 0.360. The molecule has 0 spiro atoms. The van der Waals surface area contributed by atoms with E-state index >= 15 is 0 Å². The summed E-state index contributed by atoms with van der Waals surface area (Å²) < 4.78 is 21.4. The molecular weight excluding hydrogens is 308 g/mol. The maximum absolute atomic E-state index is 10.0. The first-order valence-corrected chi connectivity index (χ1v) is 12.7. The van der Waals surface area contributed by atoms with E-state index in [0.29, 0.717) is 19.8 Å². The van der Waals surface area contributed by atoms with Gasteiger partial charge in [-0.05, 0) is 20.8 Å². The van der Waals surface area contributed by atoms with Gasteiger partial charge in [0.1, 0.15) is 9.04 Å². The highest BCUT2D eigenvalue weighted by Gasteiger charge is 2.38. The van der Waals surface area contributed by atoms with Gasteiger partial charge in [0.25, 0.3) is 0 Å². The van der Waals surface area contributed by atoms with E-state index in [2.05, 4.69) is 11.7 Å². The molecule has 1 aliphatic rings. The van der Waals surface area contributed by atoms with E-state index in [0.717, 1.165) is 0 Å². The van der Waals surface area contributed by atoms with Crippen molar-refractivity contribution in [2.24, 2.45) is 0 Å². The van der Waals surface area contributed by atoms with E-state index in [-0.39, 0.29) is 21.9 Å². The summed E-state index contributed by atoms with van der Waals surface area (Å²) in [5, 5.41) is 0. The number of rotatable bonds is 9. The van der Waals surface area contributed by atoms with Crippen molar-refractivity contribution < 1.29 is 27.6 Å². The minimum Gasteiger partial charge on any atom is -0.393 e. The first kappa shape index (κ1) is 20.5. The third-order valence-electron chi connectivity index (χ3n) is 2.69. The van der Waals surface area contributed by atoms with Crippen LogP contribution < -0.4 is 0 Å². The lowest BCUT2D eigenvalue weighted by Gasteiger charge is -2.28. The summed E-state index contributed by atoms with van der Waals surface area (Å²) in [6.07, 6.45) is 1.74. The van der Waals surface area contributed by atoms with Crippen LogP contribution in [-0.4, -0.2) is 49.1 Å².